The Balaban J connectivity index is 4.97. The topological polar surface area (TPSA) is 24.5 Å². The maximum atomic E-state index is 6.28. The van der Waals surface area contributed by atoms with Gasteiger partial charge in [0.1, 0.15) is 6.10 Å². The van der Waals surface area contributed by atoms with Gasteiger partial charge in [-0.3, -0.25) is 0 Å². The lowest BCUT2D eigenvalue weighted by atomic mass is 9.94. The van der Waals surface area contributed by atoms with E-state index in [4.69, 9.17) is 4.74 Å². The Hall–Kier alpha value is -0.540. The fourth-order valence-corrected chi connectivity index (χ4v) is 2.42. The van der Waals surface area contributed by atoms with Crippen molar-refractivity contribution in [3.05, 3.63) is 11.3 Å². The van der Waals surface area contributed by atoms with Gasteiger partial charge in [-0.25, -0.2) is 0 Å². The molecule has 0 rings (SSSR count). The molecule has 2 atom stereocenters. The maximum absolute atomic E-state index is 6.28. The van der Waals surface area contributed by atoms with E-state index < -0.39 is 0 Å². The molecule has 0 spiro atoms. The smallest absolute Gasteiger partial charge is 0.113 e. The molecule has 0 aromatic rings. The van der Waals surface area contributed by atoms with Gasteiger partial charge in [0.2, 0.25) is 0 Å². The third-order valence-electron chi connectivity index (χ3n) is 4.55. The summed E-state index contributed by atoms with van der Waals surface area (Å²) in [6, 6.07) is 0.426. The van der Waals surface area contributed by atoms with Crippen molar-refractivity contribution in [2.75, 3.05) is 20.1 Å². The minimum atomic E-state index is -0.0168. The highest BCUT2D eigenvalue weighted by Gasteiger charge is 2.25. The predicted octanol–water partition coefficient (Wildman–Crippen LogP) is 3.80. The second-order valence-corrected chi connectivity index (χ2v) is 6.21. The van der Waals surface area contributed by atoms with Crippen LogP contribution in [0.2, 0.25) is 0 Å². The normalized spacial score (nSPS) is 16.9. The lowest BCUT2D eigenvalue weighted by Crippen LogP contribution is -2.42. The largest absolute Gasteiger partial charge is 0.493 e. The van der Waals surface area contributed by atoms with E-state index in [9.17, 15) is 0 Å². The summed E-state index contributed by atoms with van der Waals surface area (Å²) in [6.45, 7) is 19.5. The first-order valence-electron chi connectivity index (χ1n) is 8.01. The van der Waals surface area contributed by atoms with Crippen LogP contribution < -0.4 is 5.32 Å². The van der Waals surface area contributed by atoms with Crippen LogP contribution in [0.5, 0.6) is 0 Å². The molecule has 120 valence electrons. The molecule has 0 saturated carbocycles. The van der Waals surface area contributed by atoms with Crippen LogP contribution in [0.25, 0.3) is 0 Å². The van der Waals surface area contributed by atoms with E-state index in [0.29, 0.717) is 6.04 Å². The number of ether oxygens (including phenoxy) is 1. The highest BCUT2D eigenvalue weighted by atomic mass is 16.5. The minimum absolute atomic E-state index is 0.0168. The Morgan fingerprint density at radius 1 is 1.20 bits per heavy atom. The molecule has 0 fully saturated rings. The van der Waals surface area contributed by atoms with E-state index in [2.05, 4.69) is 72.7 Å². The van der Waals surface area contributed by atoms with Crippen LogP contribution in [-0.4, -0.2) is 42.7 Å². The number of hydrogen-bond acceptors (Lipinski definition) is 3. The third kappa shape index (κ3) is 5.45. The number of likely N-dealkylation sites (N-methyl/N-ethyl adjacent to an activating group) is 2. The molecular formula is C17H36N2O. The van der Waals surface area contributed by atoms with Gasteiger partial charge < -0.3 is 15.0 Å². The molecule has 0 aromatic carbocycles. The maximum Gasteiger partial charge on any atom is 0.113 e. The standard InChI is InChI=1S/C17H36N2O/c1-10-16(14(5)19(9)12-3)20-15(6)13(4)17(7,8)18-11-2/h14,16,18H,10-12H2,1-9H3. The second kappa shape index (κ2) is 8.68. The molecule has 2 unspecified atom stereocenters. The average molecular weight is 284 g/mol. The fourth-order valence-electron chi connectivity index (χ4n) is 2.42. The van der Waals surface area contributed by atoms with Crippen molar-refractivity contribution in [2.45, 2.75) is 79.5 Å². The summed E-state index contributed by atoms with van der Waals surface area (Å²) in [5.41, 5.74) is 1.26. The highest BCUT2D eigenvalue weighted by molar-refractivity contribution is 5.18. The van der Waals surface area contributed by atoms with E-state index in [1.807, 2.05) is 0 Å². The first kappa shape index (κ1) is 19.5. The van der Waals surface area contributed by atoms with Crippen molar-refractivity contribution >= 4 is 0 Å². The van der Waals surface area contributed by atoms with Crippen LogP contribution in [0.1, 0.15) is 61.8 Å². The van der Waals surface area contributed by atoms with Gasteiger partial charge in [0.05, 0.1) is 5.76 Å². The van der Waals surface area contributed by atoms with Crippen molar-refractivity contribution in [3.8, 4) is 0 Å². The van der Waals surface area contributed by atoms with Crippen LogP contribution in [0.15, 0.2) is 11.3 Å². The lowest BCUT2D eigenvalue weighted by molar-refractivity contribution is 0.0380. The Bertz CT molecular complexity index is 310. The van der Waals surface area contributed by atoms with Crippen LogP contribution in [-0.2, 0) is 4.74 Å². The highest BCUT2D eigenvalue weighted by Crippen LogP contribution is 2.23. The van der Waals surface area contributed by atoms with Gasteiger partial charge in [-0.2, -0.15) is 0 Å². The summed E-state index contributed by atoms with van der Waals surface area (Å²) in [6.07, 6.45) is 1.27. The van der Waals surface area contributed by atoms with Gasteiger partial charge in [-0.1, -0.05) is 20.8 Å². The summed E-state index contributed by atoms with van der Waals surface area (Å²) in [7, 11) is 2.16. The van der Waals surface area contributed by atoms with Crippen LogP contribution in [0, 0.1) is 0 Å². The third-order valence-corrected chi connectivity index (χ3v) is 4.55. The molecule has 0 aromatic heterocycles. The molecule has 0 aliphatic rings. The molecular weight excluding hydrogens is 248 g/mol. The Morgan fingerprint density at radius 3 is 2.15 bits per heavy atom. The van der Waals surface area contributed by atoms with Crippen LogP contribution >= 0.6 is 0 Å². The number of nitrogens with one attached hydrogen (secondary N) is 1. The van der Waals surface area contributed by atoms with E-state index in [0.717, 1.165) is 25.3 Å². The monoisotopic (exact) mass is 284 g/mol. The zero-order valence-electron chi connectivity index (χ0n) is 15.1. The van der Waals surface area contributed by atoms with Gasteiger partial charge in [0, 0.05) is 11.6 Å². The number of rotatable bonds is 9. The first-order valence-corrected chi connectivity index (χ1v) is 8.01. The van der Waals surface area contributed by atoms with Crippen LogP contribution in [0.4, 0.5) is 0 Å². The minimum Gasteiger partial charge on any atom is -0.493 e. The van der Waals surface area contributed by atoms with Crippen molar-refractivity contribution < 1.29 is 4.74 Å². The lowest BCUT2D eigenvalue weighted by Gasteiger charge is -2.34. The molecule has 0 aliphatic carbocycles. The molecule has 1 N–H and O–H groups in total. The Labute approximate surface area is 126 Å². The summed E-state index contributed by atoms with van der Waals surface area (Å²) < 4.78 is 6.28. The molecule has 3 heteroatoms. The van der Waals surface area contributed by atoms with Crippen molar-refractivity contribution in [1.82, 2.24) is 10.2 Å². The van der Waals surface area contributed by atoms with Gasteiger partial charge in [-0.05, 0) is 66.7 Å². The van der Waals surface area contributed by atoms with Gasteiger partial charge >= 0.3 is 0 Å². The second-order valence-electron chi connectivity index (χ2n) is 6.21. The van der Waals surface area contributed by atoms with E-state index in [-0.39, 0.29) is 11.6 Å². The molecule has 0 amide bonds. The fraction of sp³-hybridized carbons (Fsp3) is 0.882. The zero-order valence-corrected chi connectivity index (χ0v) is 15.1. The summed E-state index contributed by atoms with van der Waals surface area (Å²) in [5, 5.41) is 3.51. The Morgan fingerprint density at radius 2 is 1.75 bits per heavy atom. The zero-order chi connectivity index (χ0) is 15.9. The van der Waals surface area contributed by atoms with Crippen LogP contribution in [0.3, 0.4) is 0 Å². The molecule has 0 heterocycles. The predicted molar refractivity (Wildman–Crippen MR) is 89.1 cm³/mol. The van der Waals surface area contributed by atoms with Crippen molar-refractivity contribution in [2.24, 2.45) is 0 Å². The quantitative estimate of drug-likeness (QED) is 0.652. The molecule has 0 bridgehead atoms. The Kier molecular flexibility index (Phi) is 8.45. The summed E-state index contributed by atoms with van der Waals surface area (Å²) in [5.74, 6) is 1.05. The number of nitrogens with zero attached hydrogens (tertiary/aromatic N) is 1. The molecule has 0 saturated heterocycles. The molecule has 20 heavy (non-hydrogen) atoms. The molecule has 0 radical (unpaired) electrons. The van der Waals surface area contributed by atoms with Gasteiger partial charge in [0.15, 0.2) is 0 Å². The van der Waals surface area contributed by atoms with E-state index >= 15 is 0 Å². The van der Waals surface area contributed by atoms with E-state index in [1.165, 1.54) is 5.57 Å². The van der Waals surface area contributed by atoms with E-state index in [1.54, 1.807) is 0 Å². The first-order chi connectivity index (χ1) is 9.21. The molecule has 0 aliphatic heterocycles. The number of hydrogen-bond donors (Lipinski definition) is 1. The van der Waals surface area contributed by atoms with Crippen molar-refractivity contribution in [3.63, 3.8) is 0 Å². The van der Waals surface area contributed by atoms with Gasteiger partial charge in [-0.15, -0.1) is 0 Å². The average Bonchev–Trinajstić information content (AvgIpc) is 2.41. The molecule has 3 nitrogen and oxygen atoms in total. The van der Waals surface area contributed by atoms with Gasteiger partial charge in [0.25, 0.3) is 0 Å². The van der Waals surface area contributed by atoms with Crippen molar-refractivity contribution in [1.29, 1.82) is 0 Å². The summed E-state index contributed by atoms with van der Waals surface area (Å²) >= 11 is 0. The number of allylic oxidation sites excluding steroid dienone is 1. The summed E-state index contributed by atoms with van der Waals surface area (Å²) in [4.78, 5) is 2.34. The SMILES string of the molecule is CCNC(C)(C)C(C)=C(C)OC(CC)C(C)N(C)CC.